The number of allylic oxidation sites excluding steroid dienone is 1. The Balaban J connectivity index is 0.000000315. The van der Waals surface area contributed by atoms with Crippen LogP contribution in [0.2, 0.25) is 0 Å². The molecule has 0 aliphatic heterocycles. The van der Waals surface area contributed by atoms with Gasteiger partial charge in [-0.2, -0.15) is 4.57 Å². The first-order valence-electron chi connectivity index (χ1n) is 5.89. The highest BCUT2D eigenvalue weighted by molar-refractivity contribution is 7.80. The van der Waals surface area contributed by atoms with E-state index in [2.05, 4.69) is 46.1 Å². The molecule has 2 rings (SSSR count). The lowest BCUT2D eigenvalue weighted by Crippen LogP contribution is -2.28. The first-order chi connectivity index (χ1) is 9.78. The number of nitrogens with zero attached hydrogens (tertiary/aromatic N) is 1. The Hall–Kier alpha value is -1.48. The summed E-state index contributed by atoms with van der Waals surface area (Å²) in [5.41, 5.74) is 1.26. The molecule has 0 N–H and O–H groups in total. The van der Waals surface area contributed by atoms with Gasteiger partial charge >= 0.3 is 0 Å². The van der Waals surface area contributed by atoms with Crippen LogP contribution in [0.3, 0.4) is 0 Å². The van der Waals surface area contributed by atoms with E-state index in [0.29, 0.717) is 0 Å². The van der Waals surface area contributed by atoms with Crippen LogP contribution in [0, 0.1) is 0 Å². The molecule has 0 saturated carbocycles. The molecular formula is C13H17NO5S2. The molecule has 0 unspecified atom stereocenters. The number of hydrogen-bond donors (Lipinski definition) is 0. The van der Waals surface area contributed by atoms with Crippen molar-refractivity contribution in [2.24, 2.45) is 7.05 Å². The molecule has 0 bridgehead atoms. The van der Waals surface area contributed by atoms with Crippen LogP contribution in [0.4, 0.5) is 0 Å². The van der Waals surface area contributed by atoms with Crippen LogP contribution in [0.5, 0.6) is 0 Å². The Labute approximate surface area is 128 Å². The van der Waals surface area contributed by atoms with Crippen molar-refractivity contribution in [2.75, 3.05) is 14.2 Å². The largest absolute Gasteiger partial charge is 0.726 e. The fourth-order valence-electron chi connectivity index (χ4n) is 1.48. The first kappa shape index (κ1) is 17.6. The number of aromatic nitrogens is 1. The maximum atomic E-state index is 9.22. The third-order valence-corrected chi connectivity index (χ3v) is 4.20. The van der Waals surface area contributed by atoms with E-state index in [1.807, 2.05) is 6.92 Å². The number of rotatable bonds is 3. The topological polar surface area (TPSA) is 79.5 Å². The van der Waals surface area contributed by atoms with Crippen molar-refractivity contribution < 1.29 is 26.5 Å². The normalized spacial score (nSPS) is 12.0. The monoisotopic (exact) mass is 331 g/mol. The van der Waals surface area contributed by atoms with E-state index in [1.165, 1.54) is 15.2 Å². The number of para-hydroxylation sites is 1. The van der Waals surface area contributed by atoms with Gasteiger partial charge in [-0.15, -0.1) is 0 Å². The molecule has 0 radical (unpaired) electrons. The molecule has 1 aromatic heterocycles. The second-order valence-corrected chi connectivity index (χ2v) is 6.21. The molecule has 0 spiro atoms. The highest BCUT2D eigenvalue weighted by atomic mass is 32.3. The molecule has 0 saturated heterocycles. The van der Waals surface area contributed by atoms with Gasteiger partial charge in [0.15, 0.2) is 0 Å². The van der Waals surface area contributed by atoms with Crippen LogP contribution < -0.4 is 4.57 Å². The number of aryl methyl sites for hydroxylation is 1. The van der Waals surface area contributed by atoms with Gasteiger partial charge in [0.05, 0.1) is 26.1 Å². The minimum Gasteiger partial charge on any atom is -0.726 e. The maximum Gasteiger partial charge on any atom is 0.265 e. The van der Waals surface area contributed by atoms with Gasteiger partial charge in [-0.3, -0.25) is 4.18 Å². The Bertz CT molecular complexity index is 734. The van der Waals surface area contributed by atoms with Gasteiger partial charge in [-0.1, -0.05) is 23.5 Å². The zero-order chi connectivity index (χ0) is 16.0. The minimum absolute atomic E-state index is 0.808. The van der Waals surface area contributed by atoms with Crippen molar-refractivity contribution in [3.8, 4) is 0 Å². The van der Waals surface area contributed by atoms with Gasteiger partial charge in [0.25, 0.3) is 5.01 Å². The summed E-state index contributed by atoms with van der Waals surface area (Å²) >= 11 is 1.77. The molecule has 116 valence electrons. The van der Waals surface area contributed by atoms with Crippen LogP contribution in [0.15, 0.2) is 30.0 Å². The van der Waals surface area contributed by atoms with Crippen molar-refractivity contribution in [1.29, 1.82) is 0 Å². The van der Waals surface area contributed by atoms with E-state index in [4.69, 9.17) is 4.74 Å². The summed E-state index contributed by atoms with van der Waals surface area (Å²) in [4.78, 5) is 0. The van der Waals surface area contributed by atoms with Crippen LogP contribution in [0.1, 0.15) is 11.9 Å². The third kappa shape index (κ3) is 5.43. The molecular weight excluding hydrogens is 314 g/mol. The number of ether oxygens (including phenoxy) is 1. The van der Waals surface area contributed by atoms with Crippen molar-refractivity contribution in [3.63, 3.8) is 0 Å². The van der Waals surface area contributed by atoms with Gasteiger partial charge in [-0.05, 0) is 13.0 Å². The van der Waals surface area contributed by atoms with E-state index in [1.54, 1.807) is 18.4 Å². The average Bonchev–Trinajstić information content (AvgIpc) is 2.76. The lowest BCUT2D eigenvalue weighted by Gasteiger charge is -1.98. The van der Waals surface area contributed by atoms with E-state index >= 15 is 0 Å². The summed E-state index contributed by atoms with van der Waals surface area (Å²) < 4.78 is 39.7. The molecule has 0 amide bonds. The molecule has 0 aliphatic carbocycles. The SMILES string of the molecule is CO/C(C)=C/c1sc2ccccc2[n+]1C.COS(=O)(=O)[O-]. The molecule has 0 aliphatic rings. The van der Waals surface area contributed by atoms with Crippen molar-refractivity contribution in [2.45, 2.75) is 6.92 Å². The van der Waals surface area contributed by atoms with Gasteiger partial charge in [0.2, 0.25) is 15.9 Å². The number of methoxy groups -OCH3 is 1. The molecule has 1 heterocycles. The molecule has 0 fully saturated rings. The summed E-state index contributed by atoms with van der Waals surface area (Å²) in [6, 6.07) is 8.39. The molecule has 21 heavy (non-hydrogen) atoms. The Morgan fingerprint density at radius 1 is 1.33 bits per heavy atom. The second-order valence-electron chi connectivity index (χ2n) is 4.00. The summed E-state index contributed by atoms with van der Waals surface area (Å²) in [5, 5.41) is 1.20. The van der Waals surface area contributed by atoms with E-state index < -0.39 is 10.4 Å². The predicted molar refractivity (Wildman–Crippen MR) is 80.4 cm³/mol. The number of fused-ring (bicyclic) bond motifs is 1. The zero-order valence-electron chi connectivity index (χ0n) is 12.2. The third-order valence-electron chi connectivity index (χ3n) is 2.62. The molecule has 8 heteroatoms. The fourth-order valence-corrected chi connectivity index (χ4v) is 2.62. The quantitative estimate of drug-likeness (QED) is 0.371. The summed E-state index contributed by atoms with van der Waals surface area (Å²) in [7, 11) is 0.166. The maximum absolute atomic E-state index is 9.22. The molecule has 0 atom stereocenters. The van der Waals surface area contributed by atoms with Crippen molar-refractivity contribution in [1.82, 2.24) is 0 Å². The number of benzene rings is 1. The number of hydrogen-bond acceptors (Lipinski definition) is 6. The zero-order valence-corrected chi connectivity index (χ0v) is 13.8. The first-order valence-corrected chi connectivity index (χ1v) is 8.04. The van der Waals surface area contributed by atoms with Crippen LogP contribution in [-0.4, -0.2) is 27.2 Å². The Kier molecular flexibility index (Phi) is 6.28. The molecule has 6 nitrogen and oxygen atoms in total. The summed E-state index contributed by atoms with van der Waals surface area (Å²) in [6.45, 7) is 1.96. The smallest absolute Gasteiger partial charge is 0.265 e. The minimum atomic E-state index is -4.41. The van der Waals surface area contributed by atoms with Gasteiger partial charge in [-0.25, -0.2) is 8.42 Å². The summed E-state index contributed by atoms with van der Waals surface area (Å²) in [6.07, 6.45) is 2.06. The van der Waals surface area contributed by atoms with Crippen LogP contribution in [-0.2, 0) is 26.4 Å². The molecule has 1 aromatic carbocycles. The van der Waals surface area contributed by atoms with E-state index in [-0.39, 0.29) is 0 Å². The fraction of sp³-hybridized carbons (Fsp3) is 0.308. The van der Waals surface area contributed by atoms with Gasteiger partial charge < -0.3 is 9.29 Å². The van der Waals surface area contributed by atoms with Crippen molar-refractivity contribution in [3.05, 3.63) is 35.0 Å². The van der Waals surface area contributed by atoms with Gasteiger partial charge in [0.1, 0.15) is 11.7 Å². The highest BCUT2D eigenvalue weighted by Gasteiger charge is 2.14. The highest BCUT2D eigenvalue weighted by Crippen LogP contribution is 2.21. The Morgan fingerprint density at radius 3 is 2.38 bits per heavy atom. The number of thiazole rings is 1. The van der Waals surface area contributed by atoms with Crippen LogP contribution in [0.25, 0.3) is 16.3 Å². The summed E-state index contributed by atoms with van der Waals surface area (Å²) in [5.74, 6) is 0.928. The standard InChI is InChI=1S/C12H14NOS.CH4O4S/c1-9(14-3)8-12-13(2)10-6-4-5-7-11(10)15-12;1-5-6(2,3)4/h4-8H,1-3H3;1H3,(H,2,3,4)/q+1;/p-1/b9-8+;. The average molecular weight is 331 g/mol. The second kappa shape index (κ2) is 7.51. The predicted octanol–water partition coefficient (Wildman–Crippen LogP) is 1.83. The van der Waals surface area contributed by atoms with E-state index in [0.717, 1.165) is 12.9 Å². The lowest BCUT2D eigenvalue weighted by atomic mass is 10.3. The van der Waals surface area contributed by atoms with E-state index in [9.17, 15) is 13.0 Å². The van der Waals surface area contributed by atoms with Gasteiger partial charge in [0, 0.05) is 6.07 Å². The lowest BCUT2D eigenvalue weighted by molar-refractivity contribution is -0.642. The molecule has 2 aromatic rings. The van der Waals surface area contributed by atoms with Crippen LogP contribution >= 0.6 is 11.3 Å². The van der Waals surface area contributed by atoms with Crippen molar-refractivity contribution >= 4 is 38.0 Å². The Morgan fingerprint density at radius 2 is 1.90 bits per heavy atom.